The van der Waals surface area contributed by atoms with E-state index in [-0.39, 0.29) is 11.7 Å². The minimum Gasteiger partial charge on any atom is -0.496 e. The number of aromatic nitrogens is 2. The standard InChI is InChI=1S/C24H26FN3O4/c1-30-21-5-3-2-4-20(21)24-26-22(32-27-24)10-11-23(29)28-14-12-17(16-28)13-15-31-19-8-6-18(25)7-9-19/h2-9,17H,10-16H2,1H3. The normalized spacial score (nSPS) is 15.7. The largest absolute Gasteiger partial charge is 0.496 e. The van der Waals surface area contributed by atoms with Gasteiger partial charge in [0.1, 0.15) is 17.3 Å². The maximum atomic E-state index is 12.9. The van der Waals surface area contributed by atoms with Gasteiger partial charge in [0, 0.05) is 25.9 Å². The first kappa shape index (κ1) is 21.8. The van der Waals surface area contributed by atoms with Gasteiger partial charge >= 0.3 is 0 Å². The Balaban J connectivity index is 1.21. The first-order valence-corrected chi connectivity index (χ1v) is 10.7. The Bertz CT molecular complexity index is 1040. The van der Waals surface area contributed by atoms with Crippen LogP contribution in [0.4, 0.5) is 4.39 Å². The molecule has 8 heteroatoms. The molecular formula is C24H26FN3O4. The number of carbonyl (C=O) groups excluding carboxylic acids is 1. The third-order valence-corrected chi connectivity index (χ3v) is 5.62. The van der Waals surface area contributed by atoms with E-state index < -0.39 is 0 Å². The lowest BCUT2D eigenvalue weighted by Crippen LogP contribution is -2.29. The van der Waals surface area contributed by atoms with Gasteiger partial charge in [-0.05, 0) is 55.2 Å². The van der Waals surface area contributed by atoms with Crippen molar-refractivity contribution >= 4 is 5.91 Å². The Kier molecular flexibility index (Phi) is 6.99. The van der Waals surface area contributed by atoms with Crippen LogP contribution >= 0.6 is 0 Å². The van der Waals surface area contributed by atoms with Crippen molar-refractivity contribution in [3.05, 3.63) is 60.2 Å². The Labute approximate surface area is 186 Å². The van der Waals surface area contributed by atoms with E-state index >= 15 is 0 Å². The number of aryl methyl sites for hydroxylation is 1. The maximum absolute atomic E-state index is 12.9. The van der Waals surface area contributed by atoms with Crippen molar-refractivity contribution in [2.75, 3.05) is 26.8 Å². The molecule has 2 heterocycles. The number of likely N-dealkylation sites (tertiary alicyclic amines) is 1. The summed E-state index contributed by atoms with van der Waals surface area (Å²) in [4.78, 5) is 18.9. The van der Waals surface area contributed by atoms with Crippen molar-refractivity contribution in [3.63, 3.8) is 0 Å². The molecule has 0 aliphatic carbocycles. The van der Waals surface area contributed by atoms with Gasteiger partial charge in [-0.1, -0.05) is 17.3 Å². The summed E-state index contributed by atoms with van der Waals surface area (Å²) in [5.74, 6) is 2.42. The summed E-state index contributed by atoms with van der Waals surface area (Å²) in [7, 11) is 1.59. The van der Waals surface area contributed by atoms with Crippen molar-refractivity contribution in [2.45, 2.75) is 25.7 Å². The number of benzene rings is 2. The summed E-state index contributed by atoms with van der Waals surface area (Å²) < 4.78 is 29.3. The minimum absolute atomic E-state index is 0.0870. The Hall–Kier alpha value is -3.42. The molecular weight excluding hydrogens is 413 g/mol. The van der Waals surface area contributed by atoms with E-state index in [9.17, 15) is 9.18 Å². The van der Waals surface area contributed by atoms with Crippen molar-refractivity contribution in [3.8, 4) is 22.9 Å². The second-order valence-corrected chi connectivity index (χ2v) is 7.80. The minimum atomic E-state index is -0.279. The highest BCUT2D eigenvalue weighted by molar-refractivity contribution is 5.76. The topological polar surface area (TPSA) is 77.7 Å². The number of carbonyl (C=O) groups is 1. The number of ether oxygens (including phenoxy) is 2. The number of halogens is 1. The molecule has 2 aromatic carbocycles. The van der Waals surface area contributed by atoms with E-state index in [4.69, 9.17) is 14.0 Å². The monoisotopic (exact) mass is 439 g/mol. The van der Waals surface area contributed by atoms with Gasteiger partial charge in [0.25, 0.3) is 0 Å². The highest BCUT2D eigenvalue weighted by atomic mass is 19.1. The lowest BCUT2D eigenvalue weighted by Gasteiger charge is -2.16. The smallest absolute Gasteiger partial charge is 0.227 e. The van der Waals surface area contributed by atoms with Crippen molar-refractivity contribution in [1.29, 1.82) is 0 Å². The molecule has 0 N–H and O–H groups in total. The lowest BCUT2D eigenvalue weighted by atomic mass is 10.1. The average Bonchev–Trinajstić information content (AvgIpc) is 3.49. The molecule has 1 saturated heterocycles. The molecule has 1 aromatic heterocycles. The van der Waals surface area contributed by atoms with E-state index in [1.807, 2.05) is 29.2 Å². The van der Waals surface area contributed by atoms with Crippen LogP contribution in [-0.2, 0) is 11.2 Å². The van der Waals surface area contributed by atoms with Crippen LogP contribution in [0.2, 0.25) is 0 Å². The van der Waals surface area contributed by atoms with E-state index in [0.29, 0.717) is 48.6 Å². The zero-order valence-corrected chi connectivity index (χ0v) is 18.0. The van der Waals surface area contributed by atoms with Gasteiger partial charge in [-0.25, -0.2) is 4.39 Å². The van der Waals surface area contributed by atoms with Crippen LogP contribution in [0.15, 0.2) is 53.1 Å². The van der Waals surface area contributed by atoms with Crippen LogP contribution in [0.1, 0.15) is 25.2 Å². The second-order valence-electron chi connectivity index (χ2n) is 7.80. The Morgan fingerprint density at radius 1 is 1.22 bits per heavy atom. The molecule has 0 bridgehead atoms. The lowest BCUT2D eigenvalue weighted by molar-refractivity contribution is -0.130. The Morgan fingerprint density at radius 2 is 2.03 bits per heavy atom. The molecule has 3 aromatic rings. The zero-order chi connectivity index (χ0) is 22.3. The van der Waals surface area contributed by atoms with Crippen LogP contribution in [0.3, 0.4) is 0 Å². The second kappa shape index (κ2) is 10.3. The number of methoxy groups -OCH3 is 1. The molecule has 1 aliphatic heterocycles. The molecule has 1 amide bonds. The van der Waals surface area contributed by atoms with Gasteiger partial charge in [-0.3, -0.25) is 4.79 Å². The maximum Gasteiger partial charge on any atom is 0.227 e. The highest BCUT2D eigenvalue weighted by Gasteiger charge is 2.26. The van der Waals surface area contributed by atoms with Crippen LogP contribution in [0.25, 0.3) is 11.4 Å². The van der Waals surface area contributed by atoms with Gasteiger partial charge < -0.3 is 18.9 Å². The van der Waals surface area contributed by atoms with Crippen molar-refractivity contribution in [1.82, 2.24) is 15.0 Å². The van der Waals surface area contributed by atoms with Crippen LogP contribution in [0.5, 0.6) is 11.5 Å². The summed E-state index contributed by atoms with van der Waals surface area (Å²) in [5.41, 5.74) is 0.751. The van der Waals surface area contributed by atoms with Gasteiger partial charge in [-0.2, -0.15) is 4.98 Å². The average molecular weight is 439 g/mol. The molecule has 1 atom stereocenters. The van der Waals surface area contributed by atoms with Crippen LogP contribution in [-0.4, -0.2) is 47.8 Å². The number of hydrogen-bond donors (Lipinski definition) is 0. The predicted octanol–water partition coefficient (Wildman–Crippen LogP) is 4.13. The first-order valence-electron chi connectivity index (χ1n) is 10.7. The third kappa shape index (κ3) is 5.43. The predicted molar refractivity (Wildman–Crippen MR) is 116 cm³/mol. The molecule has 1 aliphatic rings. The van der Waals surface area contributed by atoms with Crippen molar-refractivity contribution in [2.24, 2.45) is 5.92 Å². The van der Waals surface area contributed by atoms with E-state index in [1.165, 1.54) is 12.1 Å². The first-order chi connectivity index (χ1) is 15.6. The fraction of sp³-hybridized carbons (Fsp3) is 0.375. The van der Waals surface area contributed by atoms with E-state index in [0.717, 1.165) is 31.5 Å². The molecule has 0 saturated carbocycles. The van der Waals surface area contributed by atoms with Crippen molar-refractivity contribution < 1.29 is 23.2 Å². The van der Waals surface area contributed by atoms with E-state index in [1.54, 1.807) is 19.2 Å². The quantitative estimate of drug-likeness (QED) is 0.499. The number of hydrogen-bond acceptors (Lipinski definition) is 6. The number of para-hydroxylation sites is 1. The van der Waals surface area contributed by atoms with E-state index in [2.05, 4.69) is 10.1 Å². The van der Waals surface area contributed by atoms with Crippen LogP contribution < -0.4 is 9.47 Å². The van der Waals surface area contributed by atoms with Gasteiger partial charge in [0.15, 0.2) is 0 Å². The fourth-order valence-electron chi connectivity index (χ4n) is 3.84. The SMILES string of the molecule is COc1ccccc1-c1noc(CCC(=O)N2CCC(CCOc3ccc(F)cc3)C2)n1. The third-order valence-electron chi connectivity index (χ3n) is 5.62. The molecule has 168 valence electrons. The molecule has 4 rings (SSSR count). The number of nitrogens with zero attached hydrogens (tertiary/aromatic N) is 3. The molecule has 0 radical (unpaired) electrons. The van der Waals surface area contributed by atoms with Crippen LogP contribution in [0, 0.1) is 11.7 Å². The molecule has 1 unspecified atom stereocenters. The van der Waals surface area contributed by atoms with Gasteiger partial charge in [-0.15, -0.1) is 0 Å². The summed E-state index contributed by atoms with van der Waals surface area (Å²) in [6.07, 6.45) is 2.53. The summed E-state index contributed by atoms with van der Waals surface area (Å²) in [6, 6.07) is 13.5. The summed E-state index contributed by atoms with van der Waals surface area (Å²) in [6.45, 7) is 2.02. The Morgan fingerprint density at radius 3 is 2.84 bits per heavy atom. The summed E-state index contributed by atoms with van der Waals surface area (Å²) in [5, 5.41) is 4.02. The molecule has 7 nitrogen and oxygen atoms in total. The molecule has 1 fully saturated rings. The van der Waals surface area contributed by atoms with Gasteiger partial charge in [0.2, 0.25) is 17.6 Å². The summed E-state index contributed by atoms with van der Waals surface area (Å²) >= 11 is 0. The highest BCUT2D eigenvalue weighted by Crippen LogP contribution is 2.27. The number of rotatable bonds is 9. The number of amides is 1. The van der Waals surface area contributed by atoms with Gasteiger partial charge in [0.05, 0.1) is 19.3 Å². The molecule has 32 heavy (non-hydrogen) atoms. The fourth-order valence-corrected chi connectivity index (χ4v) is 3.84. The zero-order valence-electron chi connectivity index (χ0n) is 18.0. The molecule has 0 spiro atoms.